The number of hydrogen-bond donors (Lipinski definition) is 0. The van der Waals surface area contributed by atoms with Crippen LogP contribution in [0.25, 0.3) is 44.5 Å². The zero-order chi connectivity index (χ0) is 50.3. The Labute approximate surface area is 399 Å². The molecule has 6 aromatic rings. The molecule has 0 spiro atoms. The Morgan fingerprint density at radius 3 is 1.23 bits per heavy atom. The Balaban J connectivity index is 0.000000206. The molecular formula is C56H52F12O2. The minimum Gasteiger partial charge on any atom is -0.403 e. The molecule has 0 bridgehead atoms. The van der Waals surface area contributed by atoms with Gasteiger partial charge in [0.05, 0.1) is 5.56 Å². The molecule has 0 radical (unpaired) electrons. The van der Waals surface area contributed by atoms with Crippen LogP contribution in [0.4, 0.5) is 52.7 Å². The summed E-state index contributed by atoms with van der Waals surface area (Å²) in [4.78, 5) is 0. The fourth-order valence-corrected chi connectivity index (χ4v) is 10.0. The van der Waals surface area contributed by atoms with Crippen molar-refractivity contribution in [3.05, 3.63) is 155 Å². The second-order valence-corrected chi connectivity index (χ2v) is 18.3. The van der Waals surface area contributed by atoms with E-state index in [0.717, 1.165) is 48.4 Å². The summed E-state index contributed by atoms with van der Waals surface area (Å²) in [5, 5.41) is 0. The van der Waals surface area contributed by atoms with Crippen molar-refractivity contribution in [3.8, 4) is 56.0 Å². The lowest BCUT2D eigenvalue weighted by molar-refractivity contribution is -0.277. The number of halogens is 12. The van der Waals surface area contributed by atoms with Gasteiger partial charge in [-0.05, 0) is 162 Å². The van der Waals surface area contributed by atoms with Gasteiger partial charge in [-0.3, -0.25) is 0 Å². The van der Waals surface area contributed by atoms with Crippen LogP contribution in [-0.4, -0.2) is 12.7 Å². The van der Waals surface area contributed by atoms with Crippen LogP contribution in [-0.2, 0) is 0 Å². The predicted octanol–water partition coefficient (Wildman–Crippen LogP) is 18.8. The standard InChI is InChI=1S/2C28H26F6O/c1-2-3-17-4-6-18(7-5-17)19-8-10-20(11-9-19)22-15-24(30)27(25(31)16-22)21-12-13-26(23(29)14-21)35-28(32,33)34;1-2-3-17-4-6-18(7-5-17)19-8-10-20(11-9-19)21-12-13-23(24(29)14-21)22-15-25(30)27(26(31)16-22)35-28(32,33)34/h2*8-18H,2-7H2,1H3. The van der Waals surface area contributed by atoms with E-state index >= 15 is 0 Å². The molecule has 0 unspecified atom stereocenters. The third kappa shape index (κ3) is 13.3. The van der Waals surface area contributed by atoms with Crippen molar-refractivity contribution in [1.29, 1.82) is 0 Å². The Hall–Kier alpha value is -5.92. The smallest absolute Gasteiger partial charge is 0.403 e. The van der Waals surface area contributed by atoms with Gasteiger partial charge in [-0.15, -0.1) is 26.3 Å². The Morgan fingerprint density at radius 1 is 0.400 bits per heavy atom. The maximum atomic E-state index is 14.9. The average molecular weight is 985 g/mol. The molecule has 2 aliphatic carbocycles. The maximum absolute atomic E-state index is 14.9. The third-order valence-electron chi connectivity index (χ3n) is 13.5. The van der Waals surface area contributed by atoms with Crippen molar-refractivity contribution in [1.82, 2.24) is 0 Å². The lowest BCUT2D eigenvalue weighted by Crippen LogP contribution is -2.19. The first-order chi connectivity index (χ1) is 33.3. The number of benzene rings is 6. The number of rotatable bonds is 12. The largest absolute Gasteiger partial charge is 0.573 e. The van der Waals surface area contributed by atoms with Gasteiger partial charge in [-0.2, -0.15) is 0 Å². The highest BCUT2D eigenvalue weighted by atomic mass is 19.4. The lowest BCUT2D eigenvalue weighted by atomic mass is 9.77. The number of hydrogen-bond acceptors (Lipinski definition) is 2. The van der Waals surface area contributed by atoms with E-state index in [1.54, 1.807) is 6.07 Å². The molecule has 8 rings (SSSR count). The summed E-state index contributed by atoms with van der Waals surface area (Å²) in [6.07, 6.45) is 4.25. The lowest BCUT2D eigenvalue weighted by Gasteiger charge is -2.28. The van der Waals surface area contributed by atoms with Crippen LogP contribution < -0.4 is 9.47 Å². The van der Waals surface area contributed by atoms with Gasteiger partial charge in [0.2, 0.25) is 5.75 Å². The van der Waals surface area contributed by atoms with Crippen LogP contribution in [0.2, 0.25) is 0 Å². The van der Waals surface area contributed by atoms with Crippen LogP contribution in [0.15, 0.2) is 109 Å². The third-order valence-corrected chi connectivity index (χ3v) is 13.5. The second-order valence-electron chi connectivity index (χ2n) is 18.3. The van der Waals surface area contributed by atoms with Gasteiger partial charge in [-0.1, -0.05) is 106 Å². The highest BCUT2D eigenvalue weighted by Gasteiger charge is 2.35. The van der Waals surface area contributed by atoms with E-state index in [-0.39, 0.29) is 16.7 Å². The van der Waals surface area contributed by atoms with Crippen molar-refractivity contribution in [2.24, 2.45) is 11.8 Å². The fourth-order valence-electron chi connectivity index (χ4n) is 10.0. The summed E-state index contributed by atoms with van der Waals surface area (Å²) in [5.41, 5.74) is 3.72. The van der Waals surface area contributed by atoms with Gasteiger partial charge in [0.25, 0.3) is 0 Å². The molecule has 2 aliphatic rings. The van der Waals surface area contributed by atoms with E-state index in [4.69, 9.17) is 0 Å². The minimum absolute atomic E-state index is 0.134. The SMILES string of the molecule is CCCC1CCC(c2ccc(-c3cc(F)c(-c4ccc(OC(F)(F)F)c(F)c4)c(F)c3)cc2)CC1.CCCC1CCC(c2ccc(-c3ccc(-c4cc(F)c(OC(F)(F)F)c(F)c4)c(F)c3)cc2)CC1. The zero-order valence-electron chi connectivity index (χ0n) is 38.5. The zero-order valence-corrected chi connectivity index (χ0v) is 38.5. The molecule has 0 saturated heterocycles. The molecule has 14 heteroatoms. The maximum Gasteiger partial charge on any atom is 0.573 e. The topological polar surface area (TPSA) is 18.5 Å². The van der Waals surface area contributed by atoms with Crippen LogP contribution >= 0.6 is 0 Å². The van der Waals surface area contributed by atoms with E-state index < -0.39 is 64.7 Å². The van der Waals surface area contributed by atoms with Gasteiger partial charge >= 0.3 is 12.7 Å². The predicted molar refractivity (Wildman–Crippen MR) is 247 cm³/mol. The van der Waals surface area contributed by atoms with Crippen molar-refractivity contribution >= 4 is 0 Å². The van der Waals surface area contributed by atoms with Crippen LogP contribution in [0.3, 0.4) is 0 Å². The van der Waals surface area contributed by atoms with Gasteiger partial charge in [0.1, 0.15) is 17.5 Å². The summed E-state index contributed by atoms with van der Waals surface area (Å²) in [6, 6.07) is 25.7. The number of ether oxygens (including phenoxy) is 2. The Bertz CT molecular complexity index is 2650. The summed E-state index contributed by atoms with van der Waals surface area (Å²) in [6.45, 7) is 4.44. The quantitative estimate of drug-likeness (QED) is 0.114. The molecule has 372 valence electrons. The monoisotopic (exact) mass is 984 g/mol. The summed E-state index contributed by atoms with van der Waals surface area (Å²) < 4.78 is 168. The Morgan fingerprint density at radius 2 is 0.800 bits per heavy atom. The van der Waals surface area contributed by atoms with Crippen molar-refractivity contribution in [2.75, 3.05) is 0 Å². The first kappa shape index (κ1) is 51.9. The molecule has 0 N–H and O–H groups in total. The molecule has 2 saturated carbocycles. The second kappa shape index (κ2) is 22.4. The van der Waals surface area contributed by atoms with Crippen molar-refractivity contribution in [3.63, 3.8) is 0 Å². The first-order valence-electron chi connectivity index (χ1n) is 23.6. The molecule has 0 amide bonds. The van der Waals surface area contributed by atoms with E-state index in [2.05, 4.69) is 35.5 Å². The van der Waals surface area contributed by atoms with Gasteiger partial charge in [0.15, 0.2) is 23.2 Å². The normalized spacial score (nSPS) is 18.5. The van der Waals surface area contributed by atoms with Gasteiger partial charge in [0, 0.05) is 5.56 Å². The molecule has 70 heavy (non-hydrogen) atoms. The highest BCUT2D eigenvalue weighted by molar-refractivity contribution is 5.73. The molecule has 2 nitrogen and oxygen atoms in total. The van der Waals surface area contributed by atoms with E-state index in [9.17, 15) is 52.7 Å². The minimum atomic E-state index is -5.25. The summed E-state index contributed by atoms with van der Waals surface area (Å²) >= 11 is 0. The molecule has 0 aromatic heterocycles. The van der Waals surface area contributed by atoms with Crippen molar-refractivity contribution in [2.45, 2.75) is 115 Å². The molecule has 0 aliphatic heterocycles. The van der Waals surface area contributed by atoms with Crippen molar-refractivity contribution < 1.29 is 62.2 Å². The van der Waals surface area contributed by atoms with Gasteiger partial charge in [-0.25, -0.2) is 26.3 Å². The fraction of sp³-hybridized carbons (Fsp3) is 0.357. The molecule has 6 aromatic carbocycles. The van der Waals surface area contributed by atoms with Gasteiger partial charge < -0.3 is 9.47 Å². The van der Waals surface area contributed by atoms with Crippen LogP contribution in [0, 0.1) is 46.7 Å². The van der Waals surface area contributed by atoms with E-state index in [1.807, 2.05) is 36.4 Å². The van der Waals surface area contributed by atoms with Crippen LogP contribution in [0.5, 0.6) is 11.5 Å². The Kier molecular flexibility index (Phi) is 16.6. The van der Waals surface area contributed by atoms with Crippen LogP contribution in [0.1, 0.15) is 114 Å². The summed E-state index contributed by atoms with van der Waals surface area (Å²) in [7, 11) is 0. The van der Waals surface area contributed by atoms with E-state index in [0.29, 0.717) is 52.8 Å². The molecular weight excluding hydrogens is 933 g/mol. The molecule has 2 fully saturated rings. The number of alkyl halides is 6. The molecule has 0 heterocycles. The summed E-state index contributed by atoms with van der Waals surface area (Å²) in [5.74, 6) is -7.13. The average Bonchev–Trinajstić information content (AvgIpc) is 3.31. The highest BCUT2D eigenvalue weighted by Crippen LogP contribution is 2.41. The molecule has 0 atom stereocenters. The first-order valence-corrected chi connectivity index (χ1v) is 23.6. The van der Waals surface area contributed by atoms with E-state index in [1.165, 1.54) is 87.5 Å².